The quantitative estimate of drug-likeness (QED) is 0.741. The lowest BCUT2D eigenvalue weighted by Crippen LogP contribution is -2.49. The SMILES string of the molecule is CCN(CC)C(C)(C)C(=O)O.Cl. The summed E-state index contributed by atoms with van der Waals surface area (Å²) in [6, 6.07) is 0. The average molecular weight is 196 g/mol. The van der Waals surface area contributed by atoms with Gasteiger partial charge in [0.1, 0.15) is 5.54 Å². The summed E-state index contributed by atoms with van der Waals surface area (Å²) >= 11 is 0. The summed E-state index contributed by atoms with van der Waals surface area (Å²) in [5.74, 6) is -0.763. The maximum atomic E-state index is 10.7. The fourth-order valence-electron chi connectivity index (χ4n) is 1.15. The van der Waals surface area contributed by atoms with Crippen molar-refractivity contribution in [2.24, 2.45) is 0 Å². The molecule has 0 saturated carbocycles. The van der Waals surface area contributed by atoms with Crippen LogP contribution in [0.4, 0.5) is 0 Å². The minimum Gasteiger partial charge on any atom is -0.480 e. The second-order valence-electron chi connectivity index (χ2n) is 3.04. The molecule has 12 heavy (non-hydrogen) atoms. The maximum Gasteiger partial charge on any atom is 0.323 e. The van der Waals surface area contributed by atoms with Crippen molar-refractivity contribution < 1.29 is 9.90 Å². The van der Waals surface area contributed by atoms with Crippen LogP contribution in [0.1, 0.15) is 27.7 Å². The molecule has 0 saturated heterocycles. The zero-order valence-corrected chi connectivity index (χ0v) is 8.94. The largest absolute Gasteiger partial charge is 0.480 e. The van der Waals surface area contributed by atoms with Crippen molar-refractivity contribution in [3.05, 3.63) is 0 Å². The first-order valence-corrected chi connectivity index (χ1v) is 3.95. The summed E-state index contributed by atoms with van der Waals surface area (Å²) in [6.07, 6.45) is 0. The third-order valence-corrected chi connectivity index (χ3v) is 2.08. The second kappa shape index (κ2) is 5.38. The van der Waals surface area contributed by atoms with Crippen LogP contribution in [0.15, 0.2) is 0 Å². The fourth-order valence-corrected chi connectivity index (χ4v) is 1.15. The van der Waals surface area contributed by atoms with E-state index in [-0.39, 0.29) is 12.4 Å². The van der Waals surface area contributed by atoms with Gasteiger partial charge >= 0.3 is 5.97 Å². The highest BCUT2D eigenvalue weighted by Gasteiger charge is 2.32. The molecular formula is C8H18ClNO2. The minimum atomic E-state index is -0.763. The third-order valence-electron chi connectivity index (χ3n) is 2.08. The number of hydrogen-bond donors (Lipinski definition) is 1. The van der Waals surface area contributed by atoms with Crippen LogP contribution in [-0.2, 0) is 4.79 Å². The molecule has 0 aromatic carbocycles. The van der Waals surface area contributed by atoms with Gasteiger partial charge in [0, 0.05) is 0 Å². The number of hydrogen-bond acceptors (Lipinski definition) is 2. The molecule has 0 spiro atoms. The average Bonchev–Trinajstić information content (AvgIpc) is 1.89. The van der Waals surface area contributed by atoms with Gasteiger partial charge in [0.25, 0.3) is 0 Å². The molecule has 0 aliphatic rings. The predicted octanol–water partition coefficient (Wildman–Crippen LogP) is 1.61. The minimum absolute atomic E-state index is 0. The summed E-state index contributed by atoms with van der Waals surface area (Å²) in [4.78, 5) is 12.7. The maximum absolute atomic E-state index is 10.7. The number of rotatable bonds is 4. The van der Waals surface area contributed by atoms with Crippen molar-refractivity contribution in [3.8, 4) is 0 Å². The Morgan fingerprint density at radius 2 is 1.67 bits per heavy atom. The van der Waals surface area contributed by atoms with Crippen LogP contribution in [0.5, 0.6) is 0 Å². The molecule has 0 unspecified atom stereocenters. The highest BCUT2D eigenvalue weighted by Crippen LogP contribution is 2.13. The molecule has 4 heteroatoms. The number of likely N-dealkylation sites (N-methyl/N-ethyl adjacent to an activating group) is 1. The van der Waals surface area contributed by atoms with Crippen LogP contribution >= 0.6 is 12.4 Å². The molecule has 0 atom stereocenters. The van der Waals surface area contributed by atoms with Crippen molar-refractivity contribution >= 4 is 18.4 Å². The smallest absolute Gasteiger partial charge is 0.323 e. The molecule has 0 amide bonds. The molecule has 0 aromatic heterocycles. The number of carbonyl (C=O) groups is 1. The summed E-state index contributed by atoms with van der Waals surface area (Å²) in [5.41, 5.74) is -0.733. The monoisotopic (exact) mass is 195 g/mol. The van der Waals surface area contributed by atoms with Gasteiger partial charge in [-0.25, -0.2) is 0 Å². The number of nitrogens with zero attached hydrogens (tertiary/aromatic N) is 1. The molecule has 0 aliphatic heterocycles. The lowest BCUT2D eigenvalue weighted by Gasteiger charge is -2.32. The van der Waals surface area contributed by atoms with Gasteiger partial charge in [-0.2, -0.15) is 0 Å². The fraction of sp³-hybridized carbons (Fsp3) is 0.875. The van der Waals surface area contributed by atoms with Gasteiger partial charge in [-0.3, -0.25) is 9.69 Å². The van der Waals surface area contributed by atoms with E-state index < -0.39 is 11.5 Å². The Hall–Kier alpha value is -0.280. The molecule has 0 heterocycles. The van der Waals surface area contributed by atoms with Crippen molar-refractivity contribution in [2.45, 2.75) is 33.2 Å². The van der Waals surface area contributed by atoms with Crippen LogP contribution in [0.25, 0.3) is 0 Å². The Morgan fingerprint density at radius 3 is 1.75 bits per heavy atom. The molecule has 0 bridgehead atoms. The van der Waals surface area contributed by atoms with E-state index in [9.17, 15) is 4.79 Å². The van der Waals surface area contributed by atoms with Gasteiger partial charge < -0.3 is 5.11 Å². The van der Waals surface area contributed by atoms with Crippen molar-refractivity contribution in [1.82, 2.24) is 4.90 Å². The van der Waals surface area contributed by atoms with Crippen molar-refractivity contribution in [1.29, 1.82) is 0 Å². The second-order valence-corrected chi connectivity index (χ2v) is 3.04. The summed E-state index contributed by atoms with van der Waals surface area (Å²) in [6.45, 7) is 8.93. The van der Waals surface area contributed by atoms with Gasteiger partial charge in [0.05, 0.1) is 0 Å². The lowest BCUT2D eigenvalue weighted by atomic mass is 10.0. The Bertz CT molecular complexity index is 144. The Morgan fingerprint density at radius 1 is 1.33 bits per heavy atom. The predicted molar refractivity (Wildman–Crippen MR) is 51.9 cm³/mol. The summed E-state index contributed by atoms with van der Waals surface area (Å²) in [5, 5.41) is 8.83. The first-order valence-electron chi connectivity index (χ1n) is 3.95. The van der Waals surface area contributed by atoms with Crippen LogP contribution in [0.2, 0.25) is 0 Å². The molecule has 0 fully saturated rings. The zero-order chi connectivity index (χ0) is 9.07. The number of halogens is 1. The number of carboxylic acids is 1. The topological polar surface area (TPSA) is 40.5 Å². The van der Waals surface area contributed by atoms with Crippen LogP contribution < -0.4 is 0 Å². The molecule has 1 N–H and O–H groups in total. The first kappa shape index (κ1) is 14.3. The Labute approximate surface area is 80.2 Å². The van der Waals surface area contributed by atoms with E-state index >= 15 is 0 Å². The number of carboxylic acid groups (broad SMARTS) is 1. The number of aliphatic carboxylic acids is 1. The van der Waals surface area contributed by atoms with Crippen LogP contribution in [-0.4, -0.2) is 34.6 Å². The van der Waals surface area contributed by atoms with Crippen LogP contribution in [0, 0.1) is 0 Å². The highest BCUT2D eigenvalue weighted by atomic mass is 35.5. The molecule has 0 aromatic rings. The van der Waals surface area contributed by atoms with Gasteiger partial charge in [-0.1, -0.05) is 13.8 Å². The highest BCUT2D eigenvalue weighted by molar-refractivity contribution is 5.85. The van der Waals surface area contributed by atoms with E-state index in [2.05, 4.69) is 0 Å². The standard InChI is InChI=1S/C8H17NO2.ClH/c1-5-9(6-2)8(3,4)7(10)11;/h5-6H2,1-4H3,(H,10,11);1H. The molecule has 3 nitrogen and oxygen atoms in total. The summed E-state index contributed by atoms with van der Waals surface area (Å²) < 4.78 is 0. The van der Waals surface area contributed by atoms with E-state index in [4.69, 9.17) is 5.11 Å². The van der Waals surface area contributed by atoms with Gasteiger partial charge in [0.15, 0.2) is 0 Å². The third kappa shape index (κ3) is 2.99. The Kier molecular flexibility index (Phi) is 6.39. The van der Waals surface area contributed by atoms with Crippen molar-refractivity contribution in [2.75, 3.05) is 13.1 Å². The molecule has 74 valence electrons. The molecule has 0 radical (unpaired) electrons. The van der Waals surface area contributed by atoms with E-state index in [0.29, 0.717) is 0 Å². The van der Waals surface area contributed by atoms with Crippen LogP contribution in [0.3, 0.4) is 0 Å². The van der Waals surface area contributed by atoms with Gasteiger partial charge in [-0.05, 0) is 26.9 Å². The van der Waals surface area contributed by atoms with Crippen molar-refractivity contribution in [3.63, 3.8) is 0 Å². The molecule has 0 rings (SSSR count). The van der Waals surface area contributed by atoms with E-state index in [1.54, 1.807) is 13.8 Å². The van der Waals surface area contributed by atoms with Gasteiger partial charge in [-0.15, -0.1) is 12.4 Å². The zero-order valence-electron chi connectivity index (χ0n) is 8.13. The first-order chi connectivity index (χ1) is 4.96. The lowest BCUT2D eigenvalue weighted by molar-refractivity contribution is -0.149. The summed E-state index contributed by atoms with van der Waals surface area (Å²) in [7, 11) is 0. The van der Waals surface area contributed by atoms with Gasteiger partial charge in [0.2, 0.25) is 0 Å². The Balaban J connectivity index is 0. The van der Waals surface area contributed by atoms with E-state index in [1.807, 2.05) is 18.7 Å². The van der Waals surface area contributed by atoms with E-state index in [1.165, 1.54) is 0 Å². The normalized spacial score (nSPS) is 11.1. The molecular weight excluding hydrogens is 178 g/mol. The molecule has 0 aliphatic carbocycles. The van der Waals surface area contributed by atoms with E-state index in [0.717, 1.165) is 13.1 Å².